The number of alkyl carbamates (subject to hydrolysis) is 1. The molecule has 0 aliphatic heterocycles. The van der Waals surface area contributed by atoms with Crippen LogP contribution in [0.1, 0.15) is 63.0 Å². The number of hydrogen-bond donors (Lipinski definition) is 5. The maximum atomic E-state index is 11.8. The van der Waals surface area contributed by atoms with Crippen LogP contribution in [0.3, 0.4) is 0 Å². The van der Waals surface area contributed by atoms with Gasteiger partial charge in [-0.15, -0.1) is 0 Å². The highest BCUT2D eigenvalue weighted by Crippen LogP contribution is 2.15. The second-order valence-corrected chi connectivity index (χ2v) is 10.5. The zero-order valence-corrected chi connectivity index (χ0v) is 25.4. The number of hydrogen-bond acceptors (Lipinski definition) is 8. The Bertz CT molecular complexity index is 1220. The van der Waals surface area contributed by atoms with E-state index in [1.54, 1.807) is 24.3 Å². The van der Waals surface area contributed by atoms with E-state index in [0.717, 1.165) is 24.8 Å². The lowest BCUT2D eigenvalue weighted by Gasteiger charge is -2.13. The molecule has 0 heterocycles. The van der Waals surface area contributed by atoms with E-state index in [0.29, 0.717) is 5.92 Å². The monoisotopic (exact) mass is 629 g/mol. The molecule has 2 rings (SSSR count). The van der Waals surface area contributed by atoms with Gasteiger partial charge >= 0.3 is 24.0 Å². The molecule has 0 aromatic heterocycles. The largest absolute Gasteiger partial charge is 0.481 e. The van der Waals surface area contributed by atoms with Gasteiger partial charge < -0.3 is 36.5 Å². The number of nitrogens with two attached hydrogens (primary N) is 2. The van der Waals surface area contributed by atoms with Crippen LogP contribution in [-0.2, 0) is 46.5 Å². The number of carboxylic acid groups (broad SMARTS) is 2. The molecule has 3 atom stereocenters. The molecule has 0 bridgehead atoms. The van der Waals surface area contributed by atoms with Gasteiger partial charge in [0.05, 0.1) is 18.9 Å². The van der Waals surface area contributed by atoms with Crippen molar-refractivity contribution in [2.45, 2.75) is 70.9 Å². The molecule has 13 heteroatoms. The van der Waals surface area contributed by atoms with Crippen molar-refractivity contribution in [2.24, 2.45) is 23.3 Å². The van der Waals surface area contributed by atoms with Crippen molar-refractivity contribution in [3.63, 3.8) is 0 Å². The molecule has 0 aliphatic rings. The van der Waals surface area contributed by atoms with Crippen LogP contribution in [0.15, 0.2) is 60.7 Å². The molecular formula is C32H43N3O10. The van der Waals surface area contributed by atoms with Gasteiger partial charge in [-0.25, -0.2) is 9.59 Å². The van der Waals surface area contributed by atoms with Crippen molar-refractivity contribution in [1.82, 2.24) is 5.32 Å². The number of amides is 3. The first-order chi connectivity index (χ1) is 21.4. The standard InChI is InChI=1S/C19H27NO5.C13H16N2O5/c1-14(7-8-15-5-3-2-4-6-15)11-12-25-18(22)13-16(19(23)24)9-10-17(20)21;14-11(16)7-6-10(12(17)18)15-13(19)20-8-9-4-2-1-3-5-9/h2-6,14,16H,7-13H2,1H3,(H2,20,21)(H,23,24);1-5,10H,6-8H2,(H2,14,16)(H,15,19)(H,17,18)/t;10-/m.0/s1. The van der Waals surface area contributed by atoms with E-state index in [1.807, 2.05) is 24.3 Å². The molecule has 0 spiro atoms. The molecule has 2 aromatic rings. The quantitative estimate of drug-likeness (QED) is 0.143. The fraction of sp³-hybridized carbons (Fsp3) is 0.438. The predicted octanol–water partition coefficient (Wildman–Crippen LogP) is 3.18. The summed E-state index contributed by atoms with van der Waals surface area (Å²) in [5.74, 6) is -4.65. The molecular weight excluding hydrogens is 586 g/mol. The second-order valence-electron chi connectivity index (χ2n) is 10.5. The normalized spacial score (nSPS) is 12.3. The van der Waals surface area contributed by atoms with Gasteiger partial charge in [0.15, 0.2) is 0 Å². The van der Waals surface area contributed by atoms with Crippen LogP contribution in [0.25, 0.3) is 0 Å². The van der Waals surface area contributed by atoms with Crippen LogP contribution in [-0.4, -0.2) is 58.7 Å². The Morgan fingerprint density at radius 1 is 0.733 bits per heavy atom. The fourth-order valence-electron chi connectivity index (χ4n) is 3.92. The van der Waals surface area contributed by atoms with E-state index < -0.39 is 47.8 Å². The van der Waals surface area contributed by atoms with E-state index in [4.69, 9.17) is 31.2 Å². The van der Waals surface area contributed by atoms with Crippen molar-refractivity contribution in [3.8, 4) is 0 Å². The number of aryl methyl sites for hydroxylation is 1. The maximum absolute atomic E-state index is 11.8. The van der Waals surface area contributed by atoms with Crippen molar-refractivity contribution in [3.05, 3.63) is 71.8 Å². The molecule has 7 N–H and O–H groups in total. The Hall–Kier alpha value is -4.94. The van der Waals surface area contributed by atoms with Crippen molar-refractivity contribution in [2.75, 3.05) is 6.61 Å². The zero-order valence-electron chi connectivity index (χ0n) is 25.4. The summed E-state index contributed by atoms with van der Waals surface area (Å²) >= 11 is 0. The highest BCUT2D eigenvalue weighted by Gasteiger charge is 2.23. The van der Waals surface area contributed by atoms with Gasteiger partial charge in [0.1, 0.15) is 12.6 Å². The van der Waals surface area contributed by atoms with Crippen molar-refractivity contribution in [1.29, 1.82) is 0 Å². The van der Waals surface area contributed by atoms with Crippen molar-refractivity contribution < 1.29 is 48.5 Å². The minimum Gasteiger partial charge on any atom is -0.481 e. The SMILES string of the molecule is CC(CCOC(=O)CC(CCC(N)=O)C(=O)O)CCc1ccccc1.NC(=O)CC[C@H](NC(=O)OCc1ccccc1)C(=O)O. The molecule has 2 aromatic carbocycles. The summed E-state index contributed by atoms with van der Waals surface area (Å²) in [5, 5.41) is 20.1. The predicted molar refractivity (Wildman–Crippen MR) is 163 cm³/mol. The van der Waals surface area contributed by atoms with Gasteiger partial charge in [-0.1, -0.05) is 67.6 Å². The number of rotatable bonds is 19. The van der Waals surface area contributed by atoms with Gasteiger partial charge in [-0.3, -0.25) is 19.2 Å². The number of aliphatic carboxylic acids is 2. The number of benzene rings is 2. The van der Waals surface area contributed by atoms with Crippen LogP contribution in [0.4, 0.5) is 4.79 Å². The van der Waals surface area contributed by atoms with Crippen LogP contribution in [0.2, 0.25) is 0 Å². The minimum absolute atomic E-state index is 0.0365. The molecule has 0 saturated carbocycles. The summed E-state index contributed by atoms with van der Waals surface area (Å²) < 4.78 is 10.0. The first-order valence-electron chi connectivity index (χ1n) is 14.6. The summed E-state index contributed by atoms with van der Waals surface area (Å²) in [4.78, 5) is 66.6. The first kappa shape index (κ1) is 38.1. The van der Waals surface area contributed by atoms with Gasteiger partial charge in [-0.2, -0.15) is 0 Å². The van der Waals surface area contributed by atoms with Gasteiger partial charge in [0, 0.05) is 12.8 Å². The van der Waals surface area contributed by atoms with Gasteiger partial charge in [0.2, 0.25) is 11.8 Å². The topological polar surface area (TPSA) is 225 Å². The van der Waals surface area contributed by atoms with Gasteiger partial charge in [-0.05, 0) is 49.1 Å². The van der Waals surface area contributed by atoms with E-state index in [9.17, 15) is 28.8 Å². The zero-order chi connectivity index (χ0) is 33.6. The smallest absolute Gasteiger partial charge is 0.408 e. The van der Waals surface area contributed by atoms with E-state index in [-0.39, 0.29) is 45.3 Å². The van der Waals surface area contributed by atoms with E-state index in [2.05, 4.69) is 24.4 Å². The number of carbonyl (C=O) groups excluding carboxylic acids is 4. The third-order valence-corrected chi connectivity index (χ3v) is 6.63. The van der Waals surface area contributed by atoms with E-state index in [1.165, 1.54) is 5.56 Å². The molecule has 0 saturated heterocycles. The lowest BCUT2D eigenvalue weighted by atomic mass is 9.98. The number of ether oxygens (including phenoxy) is 2. The summed E-state index contributed by atoms with van der Waals surface area (Å²) in [5.41, 5.74) is 12.0. The van der Waals surface area contributed by atoms with Crippen LogP contribution < -0.4 is 16.8 Å². The lowest BCUT2D eigenvalue weighted by molar-refractivity contribution is -0.152. The summed E-state index contributed by atoms with van der Waals surface area (Å²) in [6, 6.07) is 17.9. The van der Waals surface area contributed by atoms with E-state index >= 15 is 0 Å². The Morgan fingerprint density at radius 2 is 1.29 bits per heavy atom. The summed E-state index contributed by atoms with van der Waals surface area (Å²) in [6.07, 6.45) is 1.40. The molecule has 246 valence electrons. The third-order valence-electron chi connectivity index (χ3n) is 6.63. The number of nitrogens with one attached hydrogen (secondary N) is 1. The van der Waals surface area contributed by atoms with Gasteiger partial charge in [0.25, 0.3) is 0 Å². The van der Waals surface area contributed by atoms with Crippen LogP contribution >= 0.6 is 0 Å². The molecule has 0 aliphatic carbocycles. The number of carbonyl (C=O) groups is 6. The van der Waals surface area contributed by atoms with Crippen LogP contribution in [0.5, 0.6) is 0 Å². The fourth-order valence-corrected chi connectivity index (χ4v) is 3.92. The second kappa shape index (κ2) is 21.7. The molecule has 13 nitrogen and oxygen atoms in total. The minimum atomic E-state index is -1.25. The third kappa shape index (κ3) is 19.1. The molecule has 2 unspecified atom stereocenters. The van der Waals surface area contributed by atoms with Crippen LogP contribution in [0, 0.1) is 11.8 Å². The Labute approximate surface area is 262 Å². The van der Waals surface area contributed by atoms with Crippen molar-refractivity contribution >= 4 is 35.8 Å². The highest BCUT2D eigenvalue weighted by molar-refractivity contribution is 5.81. The summed E-state index contributed by atoms with van der Waals surface area (Å²) in [6.45, 7) is 2.41. The molecule has 45 heavy (non-hydrogen) atoms. The molecule has 3 amide bonds. The lowest BCUT2D eigenvalue weighted by Crippen LogP contribution is -2.41. The first-order valence-corrected chi connectivity index (χ1v) is 14.6. The maximum Gasteiger partial charge on any atom is 0.408 e. The highest BCUT2D eigenvalue weighted by atomic mass is 16.5. The average molecular weight is 630 g/mol. The number of primary amides is 2. The summed E-state index contributed by atoms with van der Waals surface area (Å²) in [7, 11) is 0. The molecule has 0 fully saturated rings. The average Bonchev–Trinajstić information content (AvgIpc) is 3.00. The Balaban J connectivity index is 0.000000461. The Kier molecular flexibility index (Phi) is 18.4. The number of esters is 1. The molecule has 0 radical (unpaired) electrons. The number of carboxylic acids is 2. The Morgan fingerprint density at radius 3 is 1.82 bits per heavy atom.